The number of hydrogen-bond acceptors (Lipinski definition) is 3. The lowest BCUT2D eigenvalue weighted by Gasteiger charge is -2.31. The van der Waals surface area contributed by atoms with Crippen molar-refractivity contribution < 1.29 is 9.59 Å². The maximum atomic E-state index is 13.3. The summed E-state index contributed by atoms with van der Waals surface area (Å²) < 4.78 is 1.05. The number of nitrogens with zero attached hydrogens (tertiary/aromatic N) is 1. The van der Waals surface area contributed by atoms with E-state index >= 15 is 0 Å². The molecule has 32 heavy (non-hydrogen) atoms. The largest absolute Gasteiger partial charge is 0.352 e. The average Bonchev–Trinajstić information content (AvgIpc) is 3.29. The molecule has 1 saturated carbocycles. The van der Waals surface area contributed by atoms with Crippen LogP contribution < -0.4 is 5.32 Å². The Morgan fingerprint density at radius 3 is 2.31 bits per heavy atom. The zero-order valence-corrected chi connectivity index (χ0v) is 21.4. The van der Waals surface area contributed by atoms with Crippen molar-refractivity contribution in [1.29, 1.82) is 0 Å². The number of amides is 2. The van der Waals surface area contributed by atoms with Crippen LogP contribution in [0.25, 0.3) is 0 Å². The maximum absolute atomic E-state index is 13.3. The third-order valence-corrected chi connectivity index (χ3v) is 7.49. The molecule has 0 saturated heterocycles. The molecule has 172 valence electrons. The first-order valence-corrected chi connectivity index (χ1v) is 13.4. The molecule has 0 aliphatic heterocycles. The van der Waals surface area contributed by atoms with Gasteiger partial charge in [0.1, 0.15) is 6.04 Å². The van der Waals surface area contributed by atoms with E-state index in [1.165, 1.54) is 24.0 Å². The molecular weight excluding hydrogens is 484 g/mol. The van der Waals surface area contributed by atoms with Crippen LogP contribution in [0.2, 0.25) is 0 Å². The quantitative estimate of drug-likeness (QED) is 0.430. The molecule has 1 aliphatic carbocycles. The van der Waals surface area contributed by atoms with E-state index in [0.717, 1.165) is 28.6 Å². The van der Waals surface area contributed by atoms with Crippen LogP contribution in [0.4, 0.5) is 0 Å². The number of aryl methyl sites for hydroxylation is 1. The van der Waals surface area contributed by atoms with Crippen molar-refractivity contribution in [1.82, 2.24) is 10.2 Å². The van der Waals surface area contributed by atoms with E-state index in [0.29, 0.717) is 18.7 Å². The fourth-order valence-corrected chi connectivity index (χ4v) is 5.23. The Balaban J connectivity index is 1.68. The molecule has 6 heteroatoms. The third kappa shape index (κ3) is 7.38. The van der Waals surface area contributed by atoms with E-state index in [1.54, 1.807) is 16.7 Å². The van der Waals surface area contributed by atoms with Gasteiger partial charge in [-0.3, -0.25) is 9.59 Å². The lowest BCUT2D eigenvalue weighted by Crippen LogP contribution is -2.51. The molecule has 0 bridgehead atoms. The molecule has 1 fully saturated rings. The normalized spacial score (nSPS) is 14.8. The van der Waals surface area contributed by atoms with Crippen LogP contribution in [-0.2, 0) is 21.9 Å². The van der Waals surface area contributed by atoms with Crippen molar-refractivity contribution in [2.24, 2.45) is 0 Å². The van der Waals surface area contributed by atoms with Crippen LogP contribution in [0.5, 0.6) is 0 Å². The number of thioether (sulfide) groups is 1. The molecule has 0 heterocycles. The third-order valence-electron chi connectivity index (χ3n) is 5.97. The van der Waals surface area contributed by atoms with Gasteiger partial charge in [-0.15, -0.1) is 11.8 Å². The summed E-state index contributed by atoms with van der Waals surface area (Å²) in [6, 6.07) is 16.2. The summed E-state index contributed by atoms with van der Waals surface area (Å²) in [6.07, 6.45) is 5.02. The minimum atomic E-state index is -0.447. The standard InChI is InChI=1S/C26H33BrN2O2S/c1-3-24(26(31)28-23-6-4-5-7-23)29(16-20-10-8-19(2)9-11-20)25(30)18-32-17-21-12-14-22(27)15-13-21/h8-15,23-24H,3-7,16-18H2,1-2H3,(H,28,31). The van der Waals surface area contributed by atoms with Gasteiger partial charge >= 0.3 is 0 Å². The number of benzene rings is 2. The highest BCUT2D eigenvalue weighted by Crippen LogP contribution is 2.21. The Morgan fingerprint density at radius 1 is 1.06 bits per heavy atom. The van der Waals surface area contributed by atoms with Crippen molar-refractivity contribution in [2.75, 3.05) is 5.75 Å². The summed E-state index contributed by atoms with van der Waals surface area (Å²) in [6.45, 7) is 4.49. The Hall–Kier alpha value is -1.79. The minimum absolute atomic E-state index is 0.0149. The Morgan fingerprint density at radius 2 is 1.69 bits per heavy atom. The van der Waals surface area contributed by atoms with Gasteiger partial charge in [0.25, 0.3) is 0 Å². The van der Waals surface area contributed by atoms with Gasteiger partial charge in [-0.2, -0.15) is 0 Å². The van der Waals surface area contributed by atoms with Gasteiger partial charge in [0, 0.05) is 22.8 Å². The minimum Gasteiger partial charge on any atom is -0.352 e. The molecule has 2 amide bonds. The fraction of sp³-hybridized carbons (Fsp3) is 0.462. The monoisotopic (exact) mass is 516 g/mol. The molecule has 1 aliphatic rings. The number of nitrogens with one attached hydrogen (secondary N) is 1. The second kappa shape index (κ2) is 12.4. The fourth-order valence-electron chi connectivity index (χ4n) is 4.10. The zero-order valence-electron chi connectivity index (χ0n) is 19.0. The van der Waals surface area contributed by atoms with Crippen LogP contribution >= 0.6 is 27.7 Å². The smallest absolute Gasteiger partial charge is 0.243 e. The van der Waals surface area contributed by atoms with Crippen LogP contribution in [0.1, 0.15) is 55.7 Å². The van der Waals surface area contributed by atoms with Crippen LogP contribution in [0.15, 0.2) is 53.0 Å². The van der Waals surface area contributed by atoms with Gasteiger partial charge in [0.05, 0.1) is 5.75 Å². The molecule has 0 aromatic heterocycles. The van der Waals surface area contributed by atoms with Crippen molar-refractivity contribution in [2.45, 2.75) is 70.3 Å². The molecule has 3 rings (SSSR count). The van der Waals surface area contributed by atoms with E-state index in [9.17, 15) is 9.59 Å². The lowest BCUT2D eigenvalue weighted by atomic mass is 10.1. The first kappa shape index (κ1) is 24.8. The maximum Gasteiger partial charge on any atom is 0.243 e. The molecule has 4 nitrogen and oxygen atoms in total. The SMILES string of the molecule is CCC(C(=O)NC1CCCC1)N(Cc1ccc(C)cc1)C(=O)CSCc1ccc(Br)cc1. The van der Waals surface area contributed by atoms with Gasteiger partial charge in [0.2, 0.25) is 11.8 Å². The molecule has 1 atom stereocenters. The second-order valence-electron chi connectivity index (χ2n) is 8.54. The molecule has 1 unspecified atom stereocenters. The van der Waals surface area contributed by atoms with Crippen molar-refractivity contribution in [3.05, 3.63) is 69.7 Å². The van der Waals surface area contributed by atoms with Crippen molar-refractivity contribution in [3.8, 4) is 0 Å². The van der Waals surface area contributed by atoms with E-state index in [2.05, 4.69) is 52.4 Å². The van der Waals surface area contributed by atoms with Crippen LogP contribution in [-0.4, -0.2) is 34.6 Å². The van der Waals surface area contributed by atoms with Gasteiger partial charge in [-0.05, 0) is 49.4 Å². The van der Waals surface area contributed by atoms with E-state index in [4.69, 9.17) is 0 Å². The highest BCUT2D eigenvalue weighted by Gasteiger charge is 2.30. The molecular formula is C26H33BrN2O2S. The lowest BCUT2D eigenvalue weighted by molar-refractivity contribution is -0.139. The molecule has 2 aromatic rings. The highest BCUT2D eigenvalue weighted by atomic mass is 79.9. The zero-order chi connectivity index (χ0) is 22.9. The molecule has 2 aromatic carbocycles. The Labute approximate surface area is 204 Å². The topological polar surface area (TPSA) is 49.4 Å². The van der Waals surface area contributed by atoms with Crippen LogP contribution in [0.3, 0.4) is 0 Å². The highest BCUT2D eigenvalue weighted by molar-refractivity contribution is 9.10. The second-order valence-corrected chi connectivity index (χ2v) is 10.4. The number of carbonyl (C=O) groups is 2. The summed E-state index contributed by atoms with van der Waals surface area (Å²) in [5.74, 6) is 1.12. The van der Waals surface area contributed by atoms with Gasteiger partial charge in [-0.25, -0.2) is 0 Å². The van der Waals surface area contributed by atoms with Crippen LogP contribution in [0, 0.1) is 6.92 Å². The molecule has 0 radical (unpaired) electrons. The summed E-state index contributed by atoms with van der Waals surface area (Å²) in [7, 11) is 0. The first-order chi connectivity index (χ1) is 15.5. The van der Waals surface area contributed by atoms with Gasteiger partial charge < -0.3 is 10.2 Å². The number of carbonyl (C=O) groups excluding carboxylic acids is 2. The first-order valence-electron chi connectivity index (χ1n) is 11.4. The molecule has 1 N–H and O–H groups in total. The van der Waals surface area contributed by atoms with E-state index in [-0.39, 0.29) is 17.9 Å². The predicted molar refractivity (Wildman–Crippen MR) is 137 cm³/mol. The Kier molecular flexibility index (Phi) is 9.67. The number of halogens is 1. The van der Waals surface area contributed by atoms with Crippen molar-refractivity contribution in [3.63, 3.8) is 0 Å². The molecule has 0 spiro atoms. The number of rotatable bonds is 10. The van der Waals surface area contributed by atoms with E-state index < -0.39 is 6.04 Å². The summed E-state index contributed by atoms with van der Waals surface area (Å²) >= 11 is 5.05. The summed E-state index contributed by atoms with van der Waals surface area (Å²) in [5.41, 5.74) is 3.42. The summed E-state index contributed by atoms with van der Waals surface area (Å²) in [4.78, 5) is 28.2. The summed E-state index contributed by atoms with van der Waals surface area (Å²) in [5, 5.41) is 3.20. The number of hydrogen-bond donors (Lipinski definition) is 1. The average molecular weight is 518 g/mol. The van der Waals surface area contributed by atoms with Crippen molar-refractivity contribution >= 4 is 39.5 Å². The Bertz CT molecular complexity index is 880. The predicted octanol–water partition coefficient (Wildman–Crippen LogP) is 5.86. The van der Waals surface area contributed by atoms with E-state index in [1.807, 2.05) is 31.2 Å². The van der Waals surface area contributed by atoms with Gasteiger partial charge in [0.15, 0.2) is 0 Å². The van der Waals surface area contributed by atoms with Gasteiger partial charge in [-0.1, -0.05) is 77.7 Å².